The molecule has 0 saturated carbocycles. The van der Waals surface area contributed by atoms with Gasteiger partial charge in [0.1, 0.15) is 0 Å². The minimum atomic E-state index is -0.460. The van der Waals surface area contributed by atoms with Crippen LogP contribution in [-0.4, -0.2) is 16.4 Å². The highest BCUT2D eigenvalue weighted by atomic mass is 35.5. The number of amides is 1. The number of nitrogens with zero attached hydrogens (tertiary/aromatic N) is 1. The van der Waals surface area contributed by atoms with E-state index >= 15 is 0 Å². The van der Waals surface area contributed by atoms with Crippen LogP contribution in [0, 0.1) is 5.41 Å². The third-order valence-corrected chi connectivity index (χ3v) is 2.51. The highest BCUT2D eigenvalue weighted by molar-refractivity contribution is 6.31. The normalized spacial score (nSPS) is 10.1. The van der Waals surface area contributed by atoms with Crippen LogP contribution in [0.15, 0.2) is 42.7 Å². The fraction of sp³-hybridized carbons (Fsp3) is 0. The number of benzene rings is 1. The summed E-state index contributed by atoms with van der Waals surface area (Å²) < 4.78 is 1.83. The summed E-state index contributed by atoms with van der Waals surface area (Å²) in [6.07, 6.45) is 3.69. The molecule has 0 unspecified atom stereocenters. The highest BCUT2D eigenvalue weighted by Gasteiger charge is 2.09. The molecule has 0 spiro atoms. The van der Waals surface area contributed by atoms with Gasteiger partial charge in [0.25, 0.3) is 5.91 Å². The Balaban J connectivity index is 2.38. The van der Waals surface area contributed by atoms with Crippen molar-refractivity contribution in [2.75, 3.05) is 0 Å². The van der Waals surface area contributed by atoms with Gasteiger partial charge in [-0.15, -0.1) is 0 Å². The van der Waals surface area contributed by atoms with Gasteiger partial charge < -0.3 is 10.3 Å². The summed E-state index contributed by atoms with van der Waals surface area (Å²) in [6, 6.07) is 8.68. The molecule has 4 N–H and O–H groups in total. The number of hydrogen-bond donors (Lipinski definition) is 3. The van der Waals surface area contributed by atoms with Crippen LogP contribution in [0.4, 0.5) is 0 Å². The van der Waals surface area contributed by atoms with Crippen LogP contribution in [0.2, 0.25) is 5.02 Å². The predicted octanol–water partition coefficient (Wildman–Crippen LogP) is 1.75. The lowest BCUT2D eigenvalue weighted by atomic mass is 10.2. The molecule has 0 aliphatic carbocycles. The number of rotatable bonds is 2. The number of nitrogens with one attached hydrogen (secondary N) is 2. The number of nitrogens with two attached hydrogens (primary N) is 1. The van der Waals surface area contributed by atoms with Crippen LogP contribution < -0.4 is 11.1 Å². The molecule has 0 radical (unpaired) electrons. The fourth-order valence-corrected chi connectivity index (χ4v) is 1.78. The molecule has 18 heavy (non-hydrogen) atoms. The van der Waals surface area contributed by atoms with Gasteiger partial charge in [-0.3, -0.25) is 15.5 Å². The molecule has 0 aliphatic rings. The summed E-state index contributed by atoms with van der Waals surface area (Å²) in [7, 11) is 0. The third kappa shape index (κ3) is 2.70. The lowest BCUT2D eigenvalue weighted by Gasteiger charge is -2.08. The van der Waals surface area contributed by atoms with Crippen molar-refractivity contribution in [3.63, 3.8) is 0 Å². The number of hydrogen-bond acceptors (Lipinski definition) is 2. The molecule has 92 valence electrons. The van der Waals surface area contributed by atoms with Crippen molar-refractivity contribution in [2.45, 2.75) is 0 Å². The van der Waals surface area contributed by atoms with Gasteiger partial charge in [-0.2, -0.15) is 0 Å². The van der Waals surface area contributed by atoms with Crippen molar-refractivity contribution in [1.82, 2.24) is 9.88 Å². The van der Waals surface area contributed by atoms with E-state index in [9.17, 15) is 4.79 Å². The highest BCUT2D eigenvalue weighted by Crippen LogP contribution is 2.18. The van der Waals surface area contributed by atoms with E-state index in [1.165, 1.54) is 6.07 Å². The first-order chi connectivity index (χ1) is 8.56. The second kappa shape index (κ2) is 4.93. The molecule has 0 fully saturated rings. The number of carbonyl (C=O) groups excluding carboxylic acids is 1. The first-order valence-electron chi connectivity index (χ1n) is 5.15. The lowest BCUT2D eigenvalue weighted by Crippen LogP contribution is -2.35. The number of halogens is 1. The van der Waals surface area contributed by atoms with Crippen LogP contribution in [0.25, 0.3) is 5.69 Å². The summed E-state index contributed by atoms with van der Waals surface area (Å²) in [6.45, 7) is 0. The van der Waals surface area contributed by atoms with Crippen LogP contribution in [0.5, 0.6) is 0 Å². The van der Waals surface area contributed by atoms with Crippen LogP contribution in [-0.2, 0) is 0 Å². The fourth-order valence-electron chi connectivity index (χ4n) is 1.56. The number of carbonyl (C=O) groups is 1. The summed E-state index contributed by atoms with van der Waals surface area (Å²) in [5.41, 5.74) is 6.23. The Labute approximate surface area is 109 Å². The van der Waals surface area contributed by atoms with E-state index in [1.807, 2.05) is 29.1 Å². The van der Waals surface area contributed by atoms with E-state index < -0.39 is 11.9 Å². The topological polar surface area (TPSA) is 83.9 Å². The van der Waals surface area contributed by atoms with Gasteiger partial charge in [-0.1, -0.05) is 11.6 Å². The van der Waals surface area contributed by atoms with E-state index in [2.05, 4.69) is 5.32 Å². The van der Waals surface area contributed by atoms with E-state index in [1.54, 1.807) is 12.1 Å². The molecule has 1 aromatic heterocycles. The van der Waals surface area contributed by atoms with Crippen molar-refractivity contribution >= 4 is 23.5 Å². The Kier molecular flexibility index (Phi) is 3.34. The monoisotopic (exact) mass is 262 g/mol. The largest absolute Gasteiger partial charge is 0.370 e. The van der Waals surface area contributed by atoms with Crippen molar-refractivity contribution in [2.24, 2.45) is 5.73 Å². The Morgan fingerprint density at radius 2 is 1.94 bits per heavy atom. The zero-order chi connectivity index (χ0) is 13.1. The summed E-state index contributed by atoms with van der Waals surface area (Å²) in [5, 5.41) is 9.68. The maximum absolute atomic E-state index is 11.7. The van der Waals surface area contributed by atoms with Gasteiger partial charge in [0.2, 0.25) is 0 Å². The molecule has 5 nitrogen and oxygen atoms in total. The molecular formula is C12H11ClN4O. The van der Waals surface area contributed by atoms with Crippen LogP contribution in [0.1, 0.15) is 10.4 Å². The predicted molar refractivity (Wildman–Crippen MR) is 70.2 cm³/mol. The molecule has 6 heteroatoms. The first kappa shape index (κ1) is 12.2. The van der Waals surface area contributed by atoms with Crippen LogP contribution >= 0.6 is 11.6 Å². The Bertz CT molecular complexity index is 592. The SMILES string of the molecule is N=C(N)NC(=O)c1cc(Cl)cc(-n2cccc2)c1. The zero-order valence-electron chi connectivity index (χ0n) is 9.35. The first-order valence-corrected chi connectivity index (χ1v) is 5.53. The average Bonchev–Trinajstić information content (AvgIpc) is 2.80. The van der Waals surface area contributed by atoms with E-state index in [0.29, 0.717) is 10.6 Å². The van der Waals surface area contributed by atoms with Gasteiger partial charge in [0.15, 0.2) is 5.96 Å². The third-order valence-electron chi connectivity index (χ3n) is 2.30. The maximum Gasteiger partial charge on any atom is 0.258 e. The molecule has 2 rings (SSSR count). The van der Waals surface area contributed by atoms with Gasteiger partial charge in [-0.25, -0.2) is 0 Å². The van der Waals surface area contributed by atoms with Crippen molar-refractivity contribution < 1.29 is 4.79 Å². The average molecular weight is 263 g/mol. The second-order valence-electron chi connectivity index (χ2n) is 3.66. The molecule has 0 saturated heterocycles. The minimum absolute atomic E-state index is 0.349. The van der Waals surface area contributed by atoms with E-state index in [4.69, 9.17) is 22.7 Å². The molecule has 1 heterocycles. The van der Waals surface area contributed by atoms with Crippen molar-refractivity contribution in [1.29, 1.82) is 5.41 Å². The number of aromatic nitrogens is 1. The summed E-state index contributed by atoms with van der Waals surface area (Å²) in [5.74, 6) is -0.860. The molecular weight excluding hydrogens is 252 g/mol. The molecule has 2 aromatic rings. The molecule has 0 bridgehead atoms. The van der Waals surface area contributed by atoms with Gasteiger partial charge in [0, 0.05) is 28.7 Å². The second-order valence-corrected chi connectivity index (χ2v) is 4.09. The van der Waals surface area contributed by atoms with Crippen molar-refractivity contribution in [3.05, 3.63) is 53.3 Å². The standard InChI is InChI=1S/C12H11ClN4O/c13-9-5-8(11(18)16-12(14)15)6-10(7-9)17-3-1-2-4-17/h1-7H,(H4,14,15,16,18). The smallest absolute Gasteiger partial charge is 0.258 e. The van der Waals surface area contributed by atoms with Crippen molar-refractivity contribution in [3.8, 4) is 5.69 Å². The van der Waals surface area contributed by atoms with E-state index in [-0.39, 0.29) is 0 Å². The number of guanidine groups is 1. The maximum atomic E-state index is 11.7. The Morgan fingerprint density at radius 3 is 2.56 bits per heavy atom. The van der Waals surface area contributed by atoms with E-state index in [0.717, 1.165) is 5.69 Å². The van der Waals surface area contributed by atoms with Gasteiger partial charge in [0.05, 0.1) is 0 Å². The van der Waals surface area contributed by atoms with Gasteiger partial charge >= 0.3 is 0 Å². The summed E-state index contributed by atoms with van der Waals surface area (Å²) >= 11 is 5.97. The Morgan fingerprint density at radius 1 is 1.28 bits per heavy atom. The summed E-state index contributed by atoms with van der Waals surface area (Å²) in [4.78, 5) is 11.7. The Hall–Kier alpha value is -2.27. The zero-order valence-corrected chi connectivity index (χ0v) is 10.1. The van der Waals surface area contributed by atoms with Crippen LogP contribution in [0.3, 0.4) is 0 Å². The molecule has 1 aromatic carbocycles. The quantitative estimate of drug-likeness (QED) is 0.569. The molecule has 0 atom stereocenters. The minimum Gasteiger partial charge on any atom is -0.370 e. The molecule has 0 aliphatic heterocycles. The van der Waals surface area contributed by atoms with Gasteiger partial charge in [-0.05, 0) is 30.3 Å². The molecule has 1 amide bonds. The lowest BCUT2D eigenvalue weighted by molar-refractivity contribution is 0.0976.